The van der Waals surface area contributed by atoms with E-state index in [1.807, 2.05) is 7.05 Å². The van der Waals surface area contributed by atoms with Crippen molar-refractivity contribution in [3.63, 3.8) is 0 Å². The maximum Gasteiger partial charge on any atom is 0.227 e. The summed E-state index contributed by atoms with van der Waals surface area (Å²) in [7, 11) is 1.86. The van der Waals surface area contributed by atoms with E-state index in [2.05, 4.69) is 39.0 Å². The van der Waals surface area contributed by atoms with Crippen LogP contribution in [0.2, 0.25) is 0 Å². The molecule has 0 fully saturated rings. The first-order valence-electron chi connectivity index (χ1n) is 5.79. The van der Waals surface area contributed by atoms with Gasteiger partial charge in [-0.25, -0.2) is 0 Å². The van der Waals surface area contributed by atoms with Crippen LogP contribution in [0.1, 0.15) is 38.3 Å². The third kappa shape index (κ3) is 1.84. The van der Waals surface area contributed by atoms with Crippen molar-refractivity contribution >= 4 is 11.6 Å². The van der Waals surface area contributed by atoms with Crippen molar-refractivity contribution in [1.29, 1.82) is 0 Å². The number of hydrogen-bond donors (Lipinski definition) is 0. The van der Waals surface area contributed by atoms with E-state index in [1.54, 1.807) is 4.90 Å². The Kier molecular flexibility index (Phi) is 2.53. The summed E-state index contributed by atoms with van der Waals surface area (Å²) in [6, 6.07) is 6.46. The number of carbonyl (C=O) groups excluding carboxylic acids is 1. The molecule has 0 bridgehead atoms. The van der Waals surface area contributed by atoms with Gasteiger partial charge in [0.1, 0.15) is 0 Å². The summed E-state index contributed by atoms with van der Waals surface area (Å²) in [4.78, 5) is 13.3. The van der Waals surface area contributed by atoms with Crippen molar-refractivity contribution in [1.82, 2.24) is 0 Å². The fourth-order valence-corrected chi connectivity index (χ4v) is 2.12. The number of hydrogen-bond acceptors (Lipinski definition) is 1. The Morgan fingerprint density at radius 3 is 2.50 bits per heavy atom. The lowest BCUT2D eigenvalue weighted by Gasteiger charge is -2.28. The highest BCUT2D eigenvalue weighted by Crippen LogP contribution is 2.31. The van der Waals surface area contributed by atoms with Crippen molar-refractivity contribution < 1.29 is 4.79 Å². The first-order valence-corrected chi connectivity index (χ1v) is 5.79. The number of amides is 1. The van der Waals surface area contributed by atoms with Gasteiger partial charge in [-0.2, -0.15) is 0 Å². The van der Waals surface area contributed by atoms with Crippen LogP contribution in [-0.2, 0) is 16.6 Å². The van der Waals surface area contributed by atoms with Gasteiger partial charge in [-0.15, -0.1) is 0 Å². The van der Waals surface area contributed by atoms with Gasteiger partial charge in [0, 0.05) is 19.2 Å². The molecule has 2 rings (SSSR count). The van der Waals surface area contributed by atoms with E-state index in [0.717, 1.165) is 12.1 Å². The molecule has 0 unspecified atom stereocenters. The average molecular weight is 217 g/mol. The van der Waals surface area contributed by atoms with Crippen LogP contribution >= 0.6 is 0 Å². The van der Waals surface area contributed by atoms with Crippen molar-refractivity contribution in [2.24, 2.45) is 0 Å². The van der Waals surface area contributed by atoms with Crippen molar-refractivity contribution in [2.45, 2.75) is 39.0 Å². The predicted octanol–water partition coefficient (Wildman–Crippen LogP) is 2.89. The van der Waals surface area contributed by atoms with E-state index in [4.69, 9.17) is 0 Å². The van der Waals surface area contributed by atoms with E-state index in [9.17, 15) is 4.79 Å². The average Bonchev–Trinajstić information content (AvgIpc) is 2.22. The van der Waals surface area contributed by atoms with Gasteiger partial charge >= 0.3 is 0 Å². The lowest BCUT2D eigenvalue weighted by molar-refractivity contribution is -0.118. The first-order chi connectivity index (χ1) is 7.39. The quantitative estimate of drug-likeness (QED) is 0.654. The molecular formula is C14H19NO. The zero-order chi connectivity index (χ0) is 11.9. The second-order valence-corrected chi connectivity index (χ2v) is 5.55. The molecule has 0 spiro atoms. The fraction of sp³-hybridized carbons (Fsp3) is 0.500. The summed E-state index contributed by atoms with van der Waals surface area (Å²) in [5.41, 5.74) is 3.89. The Morgan fingerprint density at radius 2 is 1.88 bits per heavy atom. The number of aryl methyl sites for hydroxylation is 1. The molecule has 1 amide bonds. The van der Waals surface area contributed by atoms with Gasteiger partial charge in [0.05, 0.1) is 0 Å². The van der Waals surface area contributed by atoms with E-state index < -0.39 is 0 Å². The van der Waals surface area contributed by atoms with Gasteiger partial charge in [-0.1, -0.05) is 32.9 Å². The maximum atomic E-state index is 11.6. The van der Waals surface area contributed by atoms with Crippen LogP contribution in [0.4, 0.5) is 5.69 Å². The van der Waals surface area contributed by atoms with E-state index >= 15 is 0 Å². The molecule has 16 heavy (non-hydrogen) atoms. The second kappa shape index (κ2) is 3.62. The summed E-state index contributed by atoms with van der Waals surface area (Å²) < 4.78 is 0. The van der Waals surface area contributed by atoms with Crippen LogP contribution < -0.4 is 4.90 Å². The monoisotopic (exact) mass is 217 g/mol. The van der Waals surface area contributed by atoms with Crippen molar-refractivity contribution in [3.8, 4) is 0 Å². The zero-order valence-electron chi connectivity index (χ0n) is 10.5. The Hall–Kier alpha value is -1.31. The molecule has 0 atom stereocenters. The van der Waals surface area contributed by atoms with Crippen LogP contribution in [0.3, 0.4) is 0 Å². The zero-order valence-corrected chi connectivity index (χ0v) is 10.5. The molecule has 1 aromatic rings. The van der Waals surface area contributed by atoms with Crippen LogP contribution in [0, 0.1) is 0 Å². The summed E-state index contributed by atoms with van der Waals surface area (Å²) >= 11 is 0. The number of fused-ring (bicyclic) bond motifs is 1. The SMILES string of the molecule is CN1C(=O)CCc2cc(C(C)(C)C)ccc21. The van der Waals surface area contributed by atoms with Gasteiger partial charge < -0.3 is 4.90 Å². The number of carbonyl (C=O) groups is 1. The molecule has 0 N–H and O–H groups in total. The summed E-state index contributed by atoms with van der Waals surface area (Å²) in [6.07, 6.45) is 1.51. The lowest BCUT2D eigenvalue weighted by Crippen LogP contribution is -2.31. The molecule has 0 radical (unpaired) electrons. The minimum atomic E-state index is 0.176. The van der Waals surface area contributed by atoms with Gasteiger partial charge in [-0.3, -0.25) is 4.79 Å². The highest BCUT2D eigenvalue weighted by Gasteiger charge is 2.22. The Morgan fingerprint density at radius 1 is 1.19 bits per heavy atom. The molecule has 1 aliphatic heterocycles. The molecule has 0 aliphatic carbocycles. The Balaban J connectivity index is 2.45. The van der Waals surface area contributed by atoms with Gasteiger partial charge in [-0.05, 0) is 29.0 Å². The van der Waals surface area contributed by atoms with Crippen LogP contribution in [0.25, 0.3) is 0 Å². The molecule has 0 aromatic heterocycles. The van der Waals surface area contributed by atoms with Gasteiger partial charge in [0.15, 0.2) is 0 Å². The molecule has 0 saturated heterocycles. The maximum absolute atomic E-state index is 11.6. The number of nitrogens with zero attached hydrogens (tertiary/aromatic N) is 1. The van der Waals surface area contributed by atoms with Crippen LogP contribution in [0.15, 0.2) is 18.2 Å². The highest BCUT2D eigenvalue weighted by molar-refractivity contribution is 5.95. The lowest BCUT2D eigenvalue weighted by atomic mass is 9.84. The van der Waals surface area contributed by atoms with Gasteiger partial charge in [0.25, 0.3) is 0 Å². The van der Waals surface area contributed by atoms with Crippen LogP contribution in [-0.4, -0.2) is 13.0 Å². The minimum Gasteiger partial charge on any atom is -0.315 e. The number of anilines is 1. The third-order valence-corrected chi connectivity index (χ3v) is 3.29. The second-order valence-electron chi connectivity index (χ2n) is 5.55. The normalized spacial score (nSPS) is 16.2. The smallest absolute Gasteiger partial charge is 0.227 e. The molecular weight excluding hydrogens is 198 g/mol. The van der Waals surface area contributed by atoms with E-state index in [1.165, 1.54) is 11.1 Å². The Labute approximate surface area is 97.3 Å². The molecule has 1 heterocycles. The predicted molar refractivity (Wildman–Crippen MR) is 66.9 cm³/mol. The van der Waals surface area contributed by atoms with E-state index in [0.29, 0.717) is 6.42 Å². The summed E-state index contributed by atoms with van der Waals surface area (Å²) in [5, 5.41) is 0. The third-order valence-electron chi connectivity index (χ3n) is 3.29. The standard InChI is InChI=1S/C14H19NO/c1-14(2,3)11-6-7-12-10(9-11)5-8-13(16)15(12)4/h6-7,9H,5,8H2,1-4H3. The van der Waals surface area contributed by atoms with E-state index in [-0.39, 0.29) is 11.3 Å². The molecule has 2 nitrogen and oxygen atoms in total. The Bertz CT molecular complexity index is 429. The molecule has 86 valence electrons. The number of benzene rings is 1. The summed E-state index contributed by atoms with van der Waals surface area (Å²) in [6.45, 7) is 6.64. The number of rotatable bonds is 0. The van der Waals surface area contributed by atoms with Crippen molar-refractivity contribution in [2.75, 3.05) is 11.9 Å². The van der Waals surface area contributed by atoms with Crippen molar-refractivity contribution in [3.05, 3.63) is 29.3 Å². The molecule has 0 saturated carbocycles. The molecule has 1 aliphatic rings. The highest BCUT2D eigenvalue weighted by atomic mass is 16.2. The summed E-state index contributed by atoms with van der Waals surface area (Å²) in [5.74, 6) is 0.219. The minimum absolute atomic E-state index is 0.176. The molecule has 2 heteroatoms. The molecule has 1 aromatic carbocycles. The van der Waals surface area contributed by atoms with Crippen LogP contribution in [0.5, 0.6) is 0 Å². The largest absolute Gasteiger partial charge is 0.315 e. The fourth-order valence-electron chi connectivity index (χ4n) is 2.12. The first kappa shape index (κ1) is 11.2. The topological polar surface area (TPSA) is 20.3 Å². The van der Waals surface area contributed by atoms with Gasteiger partial charge in [0.2, 0.25) is 5.91 Å².